The maximum Gasteiger partial charge on any atom is 0.234 e. The molecule has 0 bridgehead atoms. The van der Waals surface area contributed by atoms with E-state index in [1.165, 1.54) is 38.5 Å². The van der Waals surface area contributed by atoms with Crippen LogP contribution >= 0.6 is 0 Å². The van der Waals surface area contributed by atoms with E-state index in [9.17, 15) is 4.79 Å². The molecule has 0 aromatic carbocycles. The van der Waals surface area contributed by atoms with Gasteiger partial charge in [0, 0.05) is 25.2 Å². The van der Waals surface area contributed by atoms with Crippen LogP contribution in [0.25, 0.3) is 0 Å². The predicted molar refractivity (Wildman–Crippen MR) is 71.4 cm³/mol. The number of fused-ring (bicyclic) bond motifs is 1. The van der Waals surface area contributed by atoms with Gasteiger partial charge in [0.05, 0.1) is 6.54 Å². The summed E-state index contributed by atoms with van der Waals surface area (Å²) in [4.78, 5) is 14.3. The summed E-state index contributed by atoms with van der Waals surface area (Å²) in [7, 11) is 0. The first kappa shape index (κ1) is 12.4. The average molecular weight is 251 g/mol. The molecule has 1 saturated carbocycles. The van der Waals surface area contributed by atoms with Crippen molar-refractivity contribution in [1.82, 2.24) is 15.5 Å². The quantitative estimate of drug-likeness (QED) is 0.777. The van der Waals surface area contributed by atoms with E-state index in [4.69, 9.17) is 0 Å². The van der Waals surface area contributed by atoms with Gasteiger partial charge in [0.15, 0.2) is 0 Å². The summed E-state index contributed by atoms with van der Waals surface area (Å²) in [6.45, 7) is 3.92. The highest BCUT2D eigenvalue weighted by Crippen LogP contribution is 2.24. The summed E-state index contributed by atoms with van der Waals surface area (Å²) in [5.41, 5.74) is 0. The molecule has 4 nitrogen and oxygen atoms in total. The maximum absolute atomic E-state index is 12.0. The Bertz CT molecular complexity index is 287. The van der Waals surface area contributed by atoms with Crippen LogP contribution in [0.1, 0.15) is 38.5 Å². The van der Waals surface area contributed by atoms with Crippen molar-refractivity contribution in [3.63, 3.8) is 0 Å². The number of piperidine rings is 1. The summed E-state index contributed by atoms with van der Waals surface area (Å²) < 4.78 is 0. The van der Waals surface area contributed by atoms with Crippen molar-refractivity contribution in [2.45, 2.75) is 50.6 Å². The fourth-order valence-corrected chi connectivity index (χ4v) is 3.81. The van der Waals surface area contributed by atoms with Gasteiger partial charge >= 0.3 is 0 Å². The maximum atomic E-state index is 12.0. The van der Waals surface area contributed by atoms with E-state index in [1.807, 2.05) is 0 Å². The predicted octanol–water partition coefficient (Wildman–Crippen LogP) is 0.729. The standard InChI is InChI=1S/C14H25N3O/c18-14(16-12-5-1-2-6-12)10-17-8-11-4-3-7-15-13(11)9-17/h11-13,15H,1-10H2,(H,16,18)/t11-,13+/m0/s1. The zero-order valence-corrected chi connectivity index (χ0v) is 11.2. The number of nitrogens with one attached hydrogen (secondary N) is 2. The van der Waals surface area contributed by atoms with Gasteiger partial charge in [0.25, 0.3) is 0 Å². The SMILES string of the molecule is O=C(CN1C[C@@H]2CCCN[C@@H]2C1)NC1CCCC1. The zero-order valence-electron chi connectivity index (χ0n) is 11.2. The Hall–Kier alpha value is -0.610. The molecule has 1 amide bonds. The minimum atomic E-state index is 0.237. The van der Waals surface area contributed by atoms with E-state index >= 15 is 0 Å². The minimum Gasteiger partial charge on any atom is -0.352 e. The number of rotatable bonds is 3. The molecule has 0 radical (unpaired) electrons. The fourth-order valence-electron chi connectivity index (χ4n) is 3.81. The van der Waals surface area contributed by atoms with Crippen LogP contribution in [-0.2, 0) is 4.79 Å². The second-order valence-corrected chi connectivity index (χ2v) is 6.21. The van der Waals surface area contributed by atoms with Gasteiger partial charge in [-0.25, -0.2) is 0 Å². The molecule has 0 aromatic rings. The van der Waals surface area contributed by atoms with Crippen LogP contribution in [0, 0.1) is 5.92 Å². The smallest absolute Gasteiger partial charge is 0.234 e. The van der Waals surface area contributed by atoms with Crippen LogP contribution in [0.4, 0.5) is 0 Å². The summed E-state index contributed by atoms with van der Waals surface area (Å²) in [5.74, 6) is 1.01. The molecule has 2 saturated heterocycles. The molecule has 2 N–H and O–H groups in total. The van der Waals surface area contributed by atoms with Crippen LogP contribution < -0.4 is 10.6 Å². The first-order valence-corrected chi connectivity index (χ1v) is 7.56. The first-order chi connectivity index (χ1) is 8.81. The van der Waals surface area contributed by atoms with E-state index in [1.54, 1.807) is 0 Å². The third kappa shape index (κ3) is 2.86. The lowest BCUT2D eigenvalue weighted by molar-refractivity contribution is -0.122. The molecule has 3 aliphatic rings. The van der Waals surface area contributed by atoms with Crippen LogP contribution in [0.15, 0.2) is 0 Å². The largest absolute Gasteiger partial charge is 0.352 e. The molecular formula is C14H25N3O. The van der Waals surface area contributed by atoms with Crippen LogP contribution in [0.5, 0.6) is 0 Å². The normalized spacial score (nSPS) is 33.6. The summed E-state index contributed by atoms with van der Waals surface area (Å²) in [5, 5.41) is 6.77. The molecule has 3 fully saturated rings. The number of carbonyl (C=O) groups is 1. The molecule has 2 aliphatic heterocycles. The van der Waals surface area contributed by atoms with Gasteiger partial charge in [-0.2, -0.15) is 0 Å². The van der Waals surface area contributed by atoms with Gasteiger partial charge in [0.1, 0.15) is 0 Å². The van der Waals surface area contributed by atoms with Crippen molar-refractivity contribution in [3.05, 3.63) is 0 Å². The van der Waals surface area contributed by atoms with Gasteiger partial charge in [-0.3, -0.25) is 9.69 Å². The van der Waals surface area contributed by atoms with Crippen LogP contribution in [0.3, 0.4) is 0 Å². The van der Waals surface area contributed by atoms with Crippen LogP contribution in [0.2, 0.25) is 0 Å². The molecule has 0 unspecified atom stereocenters. The van der Waals surface area contributed by atoms with Crippen molar-refractivity contribution in [2.24, 2.45) is 5.92 Å². The average Bonchev–Trinajstić information content (AvgIpc) is 2.96. The molecular weight excluding hydrogens is 226 g/mol. The Labute approximate surface area is 109 Å². The Balaban J connectivity index is 1.43. The number of hydrogen-bond acceptors (Lipinski definition) is 3. The number of carbonyl (C=O) groups excluding carboxylic acids is 1. The molecule has 2 heterocycles. The third-order valence-electron chi connectivity index (χ3n) is 4.76. The molecule has 2 atom stereocenters. The molecule has 18 heavy (non-hydrogen) atoms. The molecule has 0 aromatic heterocycles. The Morgan fingerprint density at radius 2 is 2.00 bits per heavy atom. The van der Waals surface area contributed by atoms with Gasteiger partial charge in [-0.1, -0.05) is 12.8 Å². The highest BCUT2D eigenvalue weighted by atomic mass is 16.2. The Morgan fingerprint density at radius 1 is 1.17 bits per heavy atom. The second-order valence-electron chi connectivity index (χ2n) is 6.21. The molecule has 1 aliphatic carbocycles. The molecule has 102 valence electrons. The number of likely N-dealkylation sites (tertiary alicyclic amines) is 1. The molecule has 3 rings (SSSR count). The first-order valence-electron chi connectivity index (χ1n) is 7.56. The monoisotopic (exact) mass is 251 g/mol. The molecule has 0 spiro atoms. The Morgan fingerprint density at radius 3 is 2.78 bits per heavy atom. The van der Waals surface area contributed by atoms with E-state index in [-0.39, 0.29) is 5.91 Å². The van der Waals surface area contributed by atoms with E-state index in [2.05, 4.69) is 15.5 Å². The van der Waals surface area contributed by atoms with Gasteiger partial charge < -0.3 is 10.6 Å². The summed E-state index contributed by atoms with van der Waals surface area (Å²) in [6, 6.07) is 1.10. The lowest BCUT2D eigenvalue weighted by Gasteiger charge is -2.24. The number of nitrogens with zero attached hydrogens (tertiary/aromatic N) is 1. The third-order valence-corrected chi connectivity index (χ3v) is 4.76. The zero-order chi connectivity index (χ0) is 12.4. The second kappa shape index (κ2) is 5.57. The van der Waals surface area contributed by atoms with Crippen molar-refractivity contribution < 1.29 is 4.79 Å². The lowest BCUT2D eigenvalue weighted by atomic mass is 9.94. The number of hydrogen-bond donors (Lipinski definition) is 2. The Kier molecular flexibility index (Phi) is 3.85. The van der Waals surface area contributed by atoms with Gasteiger partial charge in [0.2, 0.25) is 5.91 Å². The van der Waals surface area contributed by atoms with E-state index < -0.39 is 0 Å². The molecule has 4 heteroatoms. The van der Waals surface area contributed by atoms with E-state index in [0.717, 1.165) is 25.6 Å². The summed E-state index contributed by atoms with van der Waals surface area (Å²) in [6.07, 6.45) is 7.55. The lowest BCUT2D eigenvalue weighted by Crippen LogP contribution is -2.42. The van der Waals surface area contributed by atoms with Gasteiger partial charge in [-0.15, -0.1) is 0 Å². The van der Waals surface area contributed by atoms with E-state index in [0.29, 0.717) is 18.6 Å². The number of amides is 1. The van der Waals surface area contributed by atoms with Crippen molar-refractivity contribution in [1.29, 1.82) is 0 Å². The summed E-state index contributed by atoms with van der Waals surface area (Å²) >= 11 is 0. The van der Waals surface area contributed by atoms with Crippen molar-refractivity contribution >= 4 is 5.91 Å². The highest BCUT2D eigenvalue weighted by Gasteiger charge is 2.34. The highest BCUT2D eigenvalue weighted by molar-refractivity contribution is 5.78. The fraction of sp³-hybridized carbons (Fsp3) is 0.929. The topological polar surface area (TPSA) is 44.4 Å². The van der Waals surface area contributed by atoms with Crippen molar-refractivity contribution in [2.75, 3.05) is 26.2 Å². The van der Waals surface area contributed by atoms with Crippen LogP contribution in [-0.4, -0.2) is 49.1 Å². The minimum absolute atomic E-state index is 0.237. The van der Waals surface area contributed by atoms with Crippen molar-refractivity contribution in [3.8, 4) is 0 Å². The van der Waals surface area contributed by atoms with Gasteiger partial charge in [-0.05, 0) is 38.1 Å².